The second-order valence-corrected chi connectivity index (χ2v) is 1.70. The van der Waals surface area contributed by atoms with E-state index in [0.29, 0.717) is 0 Å². The minimum Gasteiger partial charge on any atom is -0.478 e. The molecule has 0 saturated carbocycles. The van der Waals surface area contributed by atoms with E-state index < -0.39 is 5.97 Å². The molecule has 1 aliphatic rings. The average Bonchev–Trinajstić information content (AvgIpc) is 2.12. The minimum absolute atomic E-state index is 0.144. The first-order valence-corrected chi connectivity index (χ1v) is 2.73. The summed E-state index contributed by atoms with van der Waals surface area (Å²) in [4.78, 5) is 10.3. The summed E-state index contributed by atoms with van der Waals surface area (Å²) in [5.74, 6) is -0.986. The quantitative estimate of drug-likeness (QED) is 0.589. The predicted molar refractivity (Wildman–Crippen MR) is 35.1 cm³/mol. The van der Waals surface area contributed by atoms with Crippen LogP contribution in [0.15, 0.2) is 36.3 Å². The molecule has 1 heterocycles. The second-order valence-electron chi connectivity index (χ2n) is 1.70. The SMILES string of the molecule is O=C(O)C1=COC=CC=C1. The van der Waals surface area contributed by atoms with E-state index in [4.69, 9.17) is 5.11 Å². The Morgan fingerprint density at radius 2 is 2.30 bits per heavy atom. The normalized spacial score (nSPS) is 15.4. The molecular formula is C7H6O3. The zero-order valence-corrected chi connectivity index (χ0v) is 5.15. The van der Waals surface area contributed by atoms with Gasteiger partial charge >= 0.3 is 5.97 Å². The lowest BCUT2D eigenvalue weighted by Gasteiger charge is -1.90. The maximum absolute atomic E-state index is 10.3. The van der Waals surface area contributed by atoms with Gasteiger partial charge in [0.25, 0.3) is 0 Å². The van der Waals surface area contributed by atoms with Crippen molar-refractivity contribution in [2.75, 3.05) is 0 Å². The number of rotatable bonds is 1. The van der Waals surface area contributed by atoms with Crippen molar-refractivity contribution in [2.45, 2.75) is 0 Å². The fourth-order valence-electron chi connectivity index (χ4n) is 0.524. The van der Waals surface area contributed by atoms with Gasteiger partial charge in [-0.2, -0.15) is 0 Å². The lowest BCUT2D eigenvalue weighted by atomic mass is 10.3. The fourth-order valence-corrected chi connectivity index (χ4v) is 0.524. The molecule has 0 saturated heterocycles. The lowest BCUT2D eigenvalue weighted by molar-refractivity contribution is -0.132. The van der Waals surface area contributed by atoms with Gasteiger partial charge in [-0.25, -0.2) is 4.79 Å². The highest BCUT2D eigenvalue weighted by Gasteiger charge is 2.02. The molecule has 52 valence electrons. The van der Waals surface area contributed by atoms with Crippen LogP contribution in [0.1, 0.15) is 0 Å². The third-order valence-electron chi connectivity index (χ3n) is 0.986. The van der Waals surface area contributed by atoms with Crippen LogP contribution in [0, 0.1) is 0 Å². The largest absolute Gasteiger partial charge is 0.478 e. The Morgan fingerprint density at radius 1 is 1.50 bits per heavy atom. The number of carbonyl (C=O) groups is 1. The number of hydrogen-bond donors (Lipinski definition) is 1. The Morgan fingerprint density at radius 3 is 3.00 bits per heavy atom. The molecule has 0 aromatic heterocycles. The Kier molecular flexibility index (Phi) is 1.89. The van der Waals surface area contributed by atoms with Gasteiger partial charge in [0.1, 0.15) is 6.26 Å². The summed E-state index contributed by atoms with van der Waals surface area (Å²) in [6.45, 7) is 0. The van der Waals surface area contributed by atoms with Crippen molar-refractivity contribution in [3.63, 3.8) is 0 Å². The Balaban J connectivity index is 2.78. The highest BCUT2D eigenvalue weighted by Crippen LogP contribution is 2.01. The van der Waals surface area contributed by atoms with Crippen molar-refractivity contribution < 1.29 is 14.6 Å². The molecule has 0 fully saturated rings. The lowest BCUT2D eigenvalue weighted by Crippen LogP contribution is -1.96. The molecule has 1 aliphatic heterocycles. The molecule has 0 aromatic carbocycles. The highest BCUT2D eigenvalue weighted by molar-refractivity contribution is 5.89. The maximum Gasteiger partial charge on any atom is 0.338 e. The van der Waals surface area contributed by atoms with Gasteiger partial charge in [-0.3, -0.25) is 0 Å². The third-order valence-corrected chi connectivity index (χ3v) is 0.986. The molecule has 3 heteroatoms. The average molecular weight is 138 g/mol. The summed E-state index contributed by atoms with van der Waals surface area (Å²) in [5, 5.41) is 8.44. The molecular weight excluding hydrogens is 132 g/mol. The fraction of sp³-hybridized carbons (Fsp3) is 0. The van der Waals surface area contributed by atoms with Crippen LogP contribution in [0.4, 0.5) is 0 Å². The van der Waals surface area contributed by atoms with Crippen LogP contribution >= 0.6 is 0 Å². The second kappa shape index (κ2) is 2.87. The first-order valence-electron chi connectivity index (χ1n) is 2.73. The molecule has 0 aromatic rings. The monoisotopic (exact) mass is 138 g/mol. The summed E-state index contributed by atoms with van der Waals surface area (Å²) >= 11 is 0. The standard InChI is InChI=1S/C7H6O3/c8-7(9)6-3-1-2-4-10-5-6/h1-5H,(H,8,9). The van der Waals surface area contributed by atoms with Gasteiger partial charge in [-0.15, -0.1) is 0 Å². The number of carboxylic acid groups (broad SMARTS) is 1. The topological polar surface area (TPSA) is 46.5 Å². The van der Waals surface area contributed by atoms with Crippen LogP contribution < -0.4 is 0 Å². The highest BCUT2D eigenvalue weighted by atomic mass is 16.5. The first-order chi connectivity index (χ1) is 4.80. The van der Waals surface area contributed by atoms with Gasteiger partial charge in [0.05, 0.1) is 11.8 Å². The zero-order chi connectivity index (χ0) is 7.40. The summed E-state index contributed by atoms with van der Waals surface area (Å²) in [6, 6.07) is 0. The molecule has 0 bridgehead atoms. The van der Waals surface area contributed by atoms with Gasteiger partial charge in [0, 0.05) is 0 Å². The van der Waals surface area contributed by atoms with Crippen molar-refractivity contribution in [1.29, 1.82) is 0 Å². The van der Waals surface area contributed by atoms with E-state index in [-0.39, 0.29) is 5.57 Å². The van der Waals surface area contributed by atoms with E-state index >= 15 is 0 Å². The van der Waals surface area contributed by atoms with E-state index in [0.717, 1.165) is 0 Å². The van der Waals surface area contributed by atoms with Crippen LogP contribution in [0.5, 0.6) is 0 Å². The van der Waals surface area contributed by atoms with Crippen molar-refractivity contribution in [2.24, 2.45) is 0 Å². The van der Waals surface area contributed by atoms with Crippen LogP contribution in [-0.2, 0) is 9.53 Å². The molecule has 1 N–H and O–H groups in total. The minimum atomic E-state index is -0.986. The first kappa shape index (κ1) is 6.61. The summed E-state index contributed by atoms with van der Waals surface area (Å²) in [6.07, 6.45) is 7.28. The molecule has 10 heavy (non-hydrogen) atoms. The van der Waals surface area contributed by atoms with Gasteiger partial charge in [0.15, 0.2) is 0 Å². The number of hydrogen-bond acceptors (Lipinski definition) is 2. The summed E-state index contributed by atoms with van der Waals surface area (Å²) < 4.78 is 4.68. The number of allylic oxidation sites excluding steroid dienone is 2. The molecule has 0 amide bonds. The van der Waals surface area contributed by atoms with Crippen molar-refractivity contribution in [3.05, 3.63) is 36.3 Å². The number of carboxylic acids is 1. The van der Waals surface area contributed by atoms with E-state index in [2.05, 4.69) is 4.74 Å². The molecule has 0 unspecified atom stereocenters. The molecule has 3 nitrogen and oxygen atoms in total. The van der Waals surface area contributed by atoms with Gasteiger partial charge in [-0.1, -0.05) is 6.08 Å². The van der Waals surface area contributed by atoms with Crippen LogP contribution in [0.25, 0.3) is 0 Å². The molecule has 0 spiro atoms. The van der Waals surface area contributed by atoms with E-state index in [9.17, 15) is 4.79 Å². The van der Waals surface area contributed by atoms with Gasteiger partial charge in [0.2, 0.25) is 0 Å². The molecule has 0 aliphatic carbocycles. The summed E-state index contributed by atoms with van der Waals surface area (Å²) in [5.41, 5.74) is 0.144. The summed E-state index contributed by atoms with van der Waals surface area (Å²) in [7, 11) is 0. The van der Waals surface area contributed by atoms with Crippen LogP contribution in [0.2, 0.25) is 0 Å². The molecule has 0 radical (unpaired) electrons. The van der Waals surface area contributed by atoms with Crippen molar-refractivity contribution >= 4 is 5.97 Å². The van der Waals surface area contributed by atoms with Gasteiger partial charge in [-0.05, 0) is 12.2 Å². The van der Waals surface area contributed by atoms with Crippen molar-refractivity contribution in [1.82, 2.24) is 0 Å². The van der Waals surface area contributed by atoms with Gasteiger partial charge < -0.3 is 9.84 Å². The van der Waals surface area contributed by atoms with E-state index in [1.54, 1.807) is 12.2 Å². The molecule has 1 rings (SSSR count). The van der Waals surface area contributed by atoms with Crippen LogP contribution in [-0.4, -0.2) is 11.1 Å². The maximum atomic E-state index is 10.3. The smallest absolute Gasteiger partial charge is 0.338 e. The third kappa shape index (κ3) is 1.48. The Hall–Kier alpha value is -1.51. The number of aliphatic carboxylic acids is 1. The Labute approximate surface area is 57.9 Å². The van der Waals surface area contributed by atoms with Crippen LogP contribution in [0.3, 0.4) is 0 Å². The van der Waals surface area contributed by atoms with E-state index in [1.807, 2.05) is 0 Å². The van der Waals surface area contributed by atoms with Crippen molar-refractivity contribution in [3.8, 4) is 0 Å². The predicted octanol–water partition coefficient (Wildman–Crippen LogP) is 1.06. The number of ether oxygens (including phenoxy) is 1. The Bertz CT molecular complexity index is 223. The van der Waals surface area contributed by atoms with E-state index in [1.165, 1.54) is 18.6 Å². The molecule has 0 atom stereocenters. The zero-order valence-electron chi connectivity index (χ0n) is 5.15.